The van der Waals surface area contributed by atoms with E-state index >= 15 is 0 Å². The van der Waals surface area contributed by atoms with Crippen LogP contribution in [0.5, 0.6) is 11.5 Å². The van der Waals surface area contributed by atoms with Gasteiger partial charge in [0.15, 0.2) is 15.5 Å². The molecule has 0 atom stereocenters. The molecule has 0 bridgehead atoms. The first-order chi connectivity index (χ1) is 10.4. The van der Waals surface area contributed by atoms with Crippen LogP contribution in [0.25, 0.3) is 0 Å². The quantitative estimate of drug-likeness (QED) is 0.817. The summed E-state index contributed by atoms with van der Waals surface area (Å²) >= 11 is 6.38. The predicted octanol–water partition coefficient (Wildman–Crippen LogP) is 3.45. The number of benzene rings is 1. The van der Waals surface area contributed by atoms with Gasteiger partial charge in [0.1, 0.15) is 5.75 Å². The van der Waals surface area contributed by atoms with Crippen molar-refractivity contribution in [1.29, 1.82) is 0 Å². The number of hydrogen-bond donors (Lipinski definition) is 2. The molecule has 0 fully saturated rings. The fourth-order valence-corrected chi connectivity index (χ4v) is 3.19. The lowest BCUT2D eigenvalue weighted by molar-refractivity contribution is -0.115. The van der Waals surface area contributed by atoms with Gasteiger partial charge >= 0.3 is 0 Å². The summed E-state index contributed by atoms with van der Waals surface area (Å²) in [6, 6.07) is 2.55. The summed E-state index contributed by atoms with van der Waals surface area (Å²) in [5.74, 6) is -0.484. The molecule has 2 rings (SSSR count). The zero-order chi connectivity index (χ0) is 16.3. The van der Waals surface area contributed by atoms with E-state index in [0.717, 1.165) is 10.6 Å². The lowest BCUT2D eigenvalue weighted by Crippen LogP contribution is -2.15. The first kappa shape index (κ1) is 16.4. The van der Waals surface area contributed by atoms with E-state index in [0.29, 0.717) is 9.70 Å². The Morgan fingerprint density at radius 2 is 2.05 bits per heavy atom. The third kappa shape index (κ3) is 3.63. The number of nitrogens with one attached hydrogen (secondary N) is 2. The van der Waals surface area contributed by atoms with Gasteiger partial charge in [0.2, 0.25) is 5.91 Å². The van der Waals surface area contributed by atoms with Gasteiger partial charge in [-0.15, -0.1) is 11.3 Å². The Morgan fingerprint density at radius 3 is 2.59 bits per heavy atom. The number of H-pyrrole nitrogens is 1. The van der Waals surface area contributed by atoms with E-state index < -0.39 is 5.82 Å². The van der Waals surface area contributed by atoms with Gasteiger partial charge in [0.05, 0.1) is 26.3 Å². The van der Waals surface area contributed by atoms with Crippen LogP contribution in [-0.4, -0.2) is 25.1 Å². The number of aromatic nitrogens is 1. The lowest BCUT2D eigenvalue weighted by atomic mass is 10.2. The molecule has 0 aliphatic carbocycles. The lowest BCUT2D eigenvalue weighted by Gasteiger charge is -2.12. The van der Waals surface area contributed by atoms with Crippen molar-refractivity contribution in [1.82, 2.24) is 4.98 Å². The Bertz CT molecular complexity index is 755. The van der Waals surface area contributed by atoms with E-state index in [1.165, 1.54) is 37.7 Å². The number of halogens is 1. The first-order valence-electron chi connectivity index (χ1n) is 6.34. The Balaban J connectivity index is 2.19. The fraction of sp³-hybridized carbons (Fsp3) is 0.286. The number of ether oxygens (including phenoxy) is 2. The number of anilines is 1. The van der Waals surface area contributed by atoms with Crippen molar-refractivity contribution >= 4 is 35.1 Å². The first-order valence-corrected chi connectivity index (χ1v) is 7.57. The summed E-state index contributed by atoms with van der Waals surface area (Å²) in [7, 11) is 2.79. The molecule has 1 amide bonds. The molecule has 0 spiro atoms. The molecule has 8 heteroatoms. The van der Waals surface area contributed by atoms with E-state index in [-0.39, 0.29) is 23.8 Å². The number of aromatic amines is 1. The van der Waals surface area contributed by atoms with Crippen molar-refractivity contribution in [2.75, 3.05) is 19.5 Å². The van der Waals surface area contributed by atoms with Crippen molar-refractivity contribution in [2.45, 2.75) is 13.3 Å². The van der Waals surface area contributed by atoms with Crippen molar-refractivity contribution in [3.8, 4) is 11.5 Å². The molecule has 0 saturated heterocycles. The zero-order valence-electron chi connectivity index (χ0n) is 12.3. The molecule has 0 saturated carbocycles. The molecule has 0 radical (unpaired) electrons. The highest BCUT2D eigenvalue weighted by Gasteiger charge is 2.15. The Hall–Kier alpha value is -1.93. The number of rotatable bonds is 5. The number of carbonyl (C=O) groups is 1. The Morgan fingerprint density at radius 1 is 1.36 bits per heavy atom. The molecule has 118 valence electrons. The molecule has 1 heterocycles. The van der Waals surface area contributed by atoms with Crippen molar-refractivity contribution in [2.24, 2.45) is 0 Å². The smallest absolute Gasteiger partial charge is 0.229 e. The van der Waals surface area contributed by atoms with Crippen LogP contribution in [0, 0.1) is 16.7 Å². The fourth-order valence-electron chi connectivity index (χ4n) is 1.90. The average molecular weight is 342 g/mol. The summed E-state index contributed by atoms with van der Waals surface area (Å²) < 4.78 is 24.4. The number of amides is 1. The van der Waals surface area contributed by atoms with Crippen molar-refractivity contribution in [3.63, 3.8) is 0 Å². The SMILES string of the molecule is COc1cc(OC)c(NC(=O)Cc2sc(=S)[nH]c2C)cc1F. The highest BCUT2D eigenvalue weighted by Crippen LogP contribution is 2.32. The molecule has 0 unspecified atom stereocenters. The second-order valence-electron chi connectivity index (χ2n) is 4.47. The van der Waals surface area contributed by atoms with Gasteiger partial charge in [0, 0.05) is 22.7 Å². The van der Waals surface area contributed by atoms with E-state index in [4.69, 9.17) is 21.7 Å². The predicted molar refractivity (Wildman–Crippen MR) is 86.1 cm³/mol. The van der Waals surface area contributed by atoms with Crippen LogP contribution in [0.1, 0.15) is 10.6 Å². The monoisotopic (exact) mass is 342 g/mol. The van der Waals surface area contributed by atoms with Crippen LogP contribution in [0.4, 0.5) is 10.1 Å². The Labute approximate surface area is 136 Å². The molecule has 0 aliphatic heterocycles. The van der Waals surface area contributed by atoms with Crippen molar-refractivity contribution < 1.29 is 18.7 Å². The van der Waals surface area contributed by atoms with Gasteiger partial charge in [-0.05, 0) is 19.1 Å². The number of thiazole rings is 1. The summed E-state index contributed by atoms with van der Waals surface area (Å²) in [5.41, 5.74) is 1.11. The van der Waals surface area contributed by atoms with E-state index in [1.807, 2.05) is 6.92 Å². The second-order valence-corrected chi connectivity index (χ2v) is 6.25. The normalized spacial score (nSPS) is 10.4. The highest BCUT2D eigenvalue weighted by atomic mass is 32.1. The molecular formula is C14H15FN2O3S2. The third-order valence-electron chi connectivity index (χ3n) is 2.99. The standard InChI is InChI=1S/C14H15FN2O3S2/c1-7-12(22-14(21)16-7)6-13(18)17-9-4-8(15)10(19-2)5-11(9)20-3/h4-5H,6H2,1-3H3,(H,16,21)(H,17,18). The van der Waals surface area contributed by atoms with E-state index in [1.54, 1.807) is 0 Å². The molecule has 5 nitrogen and oxygen atoms in total. The summed E-state index contributed by atoms with van der Waals surface area (Å²) in [6.07, 6.45) is 0.153. The Kier molecular flexibility index (Phi) is 5.15. The van der Waals surface area contributed by atoms with Crippen LogP contribution in [-0.2, 0) is 11.2 Å². The van der Waals surface area contributed by atoms with E-state index in [2.05, 4.69) is 10.3 Å². The molecule has 2 aromatic rings. The number of methoxy groups -OCH3 is 2. The minimum absolute atomic E-state index is 0.0503. The van der Waals surface area contributed by atoms with Crippen LogP contribution >= 0.6 is 23.6 Å². The summed E-state index contributed by atoms with van der Waals surface area (Å²) in [5, 5.41) is 2.64. The van der Waals surface area contributed by atoms with Crippen LogP contribution in [0.3, 0.4) is 0 Å². The molecular weight excluding hydrogens is 327 g/mol. The van der Waals surface area contributed by atoms with Crippen molar-refractivity contribution in [3.05, 3.63) is 32.5 Å². The number of carbonyl (C=O) groups excluding carboxylic acids is 1. The van der Waals surface area contributed by atoms with Crippen LogP contribution in [0.2, 0.25) is 0 Å². The average Bonchev–Trinajstić information content (AvgIpc) is 2.77. The third-order valence-corrected chi connectivity index (χ3v) is 4.33. The zero-order valence-corrected chi connectivity index (χ0v) is 13.9. The van der Waals surface area contributed by atoms with Gasteiger partial charge in [-0.25, -0.2) is 4.39 Å². The molecule has 0 aliphatic rings. The van der Waals surface area contributed by atoms with Gasteiger partial charge < -0.3 is 19.8 Å². The maximum atomic E-state index is 13.8. The second kappa shape index (κ2) is 6.89. The maximum absolute atomic E-state index is 13.8. The minimum Gasteiger partial charge on any atom is -0.494 e. The number of aryl methyl sites for hydroxylation is 1. The van der Waals surface area contributed by atoms with E-state index in [9.17, 15) is 9.18 Å². The minimum atomic E-state index is -0.577. The molecule has 1 aromatic carbocycles. The molecule has 2 N–H and O–H groups in total. The molecule has 22 heavy (non-hydrogen) atoms. The van der Waals surface area contributed by atoms with Gasteiger partial charge in [-0.3, -0.25) is 4.79 Å². The summed E-state index contributed by atoms with van der Waals surface area (Å²) in [6.45, 7) is 1.85. The topological polar surface area (TPSA) is 63.4 Å². The van der Waals surface area contributed by atoms with Crippen LogP contribution < -0.4 is 14.8 Å². The number of hydrogen-bond acceptors (Lipinski definition) is 5. The maximum Gasteiger partial charge on any atom is 0.229 e. The van der Waals surface area contributed by atoms with Gasteiger partial charge in [-0.2, -0.15) is 0 Å². The molecule has 1 aromatic heterocycles. The summed E-state index contributed by atoms with van der Waals surface area (Å²) in [4.78, 5) is 15.9. The largest absolute Gasteiger partial charge is 0.494 e. The van der Waals surface area contributed by atoms with Gasteiger partial charge in [-0.1, -0.05) is 0 Å². The highest BCUT2D eigenvalue weighted by molar-refractivity contribution is 7.73. The van der Waals surface area contributed by atoms with Gasteiger partial charge in [0.25, 0.3) is 0 Å². The van der Waals surface area contributed by atoms with Crippen LogP contribution in [0.15, 0.2) is 12.1 Å².